The maximum atomic E-state index is 10.2. The molecule has 0 fully saturated rings. The van der Waals surface area contributed by atoms with Crippen LogP contribution in [0.25, 0.3) is 0 Å². The van der Waals surface area contributed by atoms with E-state index >= 15 is 0 Å². The normalized spacial score (nSPS) is 13.0. The summed E-state index contributed by atoms with van der Waals surface area (Å²) in [6.45, 7) is 6.19. The zero-order valence-corrected chi connectivity index (χ0v) is 10.5. The second-order valence-corrected chi connectivity index (χ2v) is 4.71. The Balaban J connectivity index is 2.22. The molecule has 17 heavy (non-hydrogen) atoms. The molecule has 2 heteroatoms. The number of aliphatic hydroxyl groups is 1. The second kappa shape index (κ2) is 4.76. The average molecular weight is 230 g/mol. The molecule has 0 aliphatic rings. The topological polar surface area (TPSA) is 33.4 Å². The molecule has 1 aromatic heterocycles. The molecule has 90 valence electrons. The van der Waals surface area contributed by atoms with Gasteiger partial charge in [-0.1, -0.05) is 38.1 Å². The molecule has 0 radical (unpaired) electrons. The van der Waals surface area contributed by atoms with Gasteiger partial charge in [0, 0.05) is 5.56 Å². The highest BCUT2D eigenvalue weighted by Gasteiger charge is 2.12. The fourth-order valence-corrected chi connectivity index (χ4v) is 1.86. The minimum atomic E-state index is -0.603. The number of aryl methyl sites for hydroxylation is 1. The average Bonchev–Trinajstić information content (AvgIpc) is 2.75. The van der Waals surface area contributed by atoms with Crippen molar-refractivity contribution in [1.82, 2.24) is 0 Å². The summed E-state index contributed by atoms with van der Waals surface area (Å²) < 4.78 is 5.21. The zero-order valence-electron chi connectivity index (χ0n) is 10.5. The lowest BCUT2D eigenvalue weighted by Crippen LogP contribution is -1.98. The van der Waals surface area contributed by atoms with E-state index in [2.05, 4.69) is 26.0 Å². The summed E-state index contributed by atoms with van der Waals surface area (Å²) in [5.74, 6) is 1.33. The zero-order chi connectivity index (χ0) is 12.4. The molecule has 1 atom stereocenters. The van der Waals surface area contributed by atoms with Crippen LogP contribution in [0.15, 0.2) is 41.0 Å². The molecule has 1 N–H and O–H groups in total. The number of hydrogen-bond donors (Lipinski definition) is 1. The first-order chi connectivity index (χ1) is 8.08. The SMILES string of the molecule is Cc1cc(C(O)c2ccc(C(C)C)cc2)co1. The fraction of sp³-hybridized carbons (Fsp3) is 0.333. The Hall–Kier alpha value is -1.54. The summed E-state index contributed by atoms with van der Waals surface area (Å²) in [7, 11) is 0. The maximum absolute atomic E-state index is 10.2. The maximum Gasteiger partial charge on any atom is 0.107 e. The van der Waals surface area contributed by atoms with Crippen LogP contribution in [0.1, 0.15) is 48.3 Å². The molecule has 2 rings (SSSR count). The van der Waals surface area contributed by atoms with E-state index in [1.165, 1.54) is 5.56 Å². The van der Waals surface area contributed by atoms with Crippen LogP contribution >= 0.6 is 0 Å². The molecule has 1 unspecified atom stereocenters. The highest BCUT2D eigenvalue weighted by molar-refractivity contribution is 5.31. The summed E-state index contributed by atoms with van der Waals surface area (Å²) in [5.41, 5.74) is 2.99. The number of rotatable bonds is 3. The number of furan rings is 1. The van der Waals surface area contributed by atoms with Gasteiger partial charge in [0.2, 0.25) is 0 Å². The van der Waals surface area contributed by atoms with E-state index in [1.807, 2.05) is 25.1 Å². The predicted molar refractivity (Wildman–Crippen MR) is 68.0 cm³/mol. The van der Waals surface area contributed by atoms with Crippen molar-refractivity contribution in [1.29, 1.82) is 0 Å². The van der Waals surface area contributed by atoms with Crippen molar-refractivity contribution in [3.8, 4) is 0 Å². The quantitative estimate of drug-likeness (QED) is 0.870. The van der Waals surface area contributed by atoms with Crippen molar-refractivity contribution in [2.24, 2.45) is 0 Å². The number of aliphatic hydroxyl groups excluding tert-OH is 1. The minimum absolute atomic E-state index is 0.511. The van der Waals surface area contributed by atoms with Crippen molar-refractivity contribution in [3.05, 3.63) is 59.0 Å². The van der Waals surface area contributed by atoms with E-state index in [9.17, 15) is 5.11 Å². The van der Waals surface area contributed by atoms with Gasteiger partial charge in [0.05, 0.1) is 6.26 Å². The van der Waals surface area contributed by atoms with Gasteiger partial charge >= 0.3 is 0 Å². The van der Waals surface area contributed by atoms with Crippen LogP contribution in [0.5, 0.6) is 0 Å². The van der Waals surface area contributed by atoms with Gasteiger partial charge < -0.3 is 9.52 Å². The molecule has 0 aliphatic carbocycles. The molecule has 2 nitrogen and oxygen atoms in total. The van der Waals surface area contributed by atoms with E-state index in [0.29, 0.717) is 5.92 Å². The predicted octanol–water partition coefficient (Wildman–Crippen LogP) is 3.79. The summed E-state index contributed by atoms with van der Waals surface area (Å²) in [5, 5.41) is 10.2. The molecule has 0 spiro atoms. The third-order valence-electron chi connectivity index (χ3n) is 2.99. The third-order valence-corrected chi connectivity index (χ3v) is 2.99. The van der Waals surface area contributed by atoms with Crippen molar-refractivity contribution in [2.45, 2.75) is 32.8 Å². The van der Waals surface area contributed by atoms with Gasteiger partial charge in [-0.05, 0) is 30.0 Å². The molecule has 0 saturated heterocycles. The van der Waals surface area contributed by atoms with Crippen molar-refractivity contribution >= 4 is 0 Å². The minimum Gasteiger partial charge on any atom is -0.469 e. The number of benzene rings is 1. The van der Waals surface area contributed by atoms with Gasteiger partial charge in [-0.25, -0.2) is 0 Å². The lowest BCUT2D eigenvalue weighted by molar-refractivity contribution is 0.219. The molecular weight excluding hydrogens is 212 g/mol. The van der Waals surface area contributed by atoms with Crippen molar-refractivity contribution < 1.29 is 9.52 Å². The highest BCUT2D eigenvalue weighted by atomic mass is 16.3. The Kier molecular flexibility index (Phi) is 3.34. The second-order valence-electron chi connectivity index (χ2n) is 4.71. The van der Waals surface area contributed by atoms with Gasteiger partial charge in [-0.15, -0.1) is 0 Å². The van der Waals surface area contributed by atoms with Gasteiger partial charge in [-0.2, -0.15) is 0 Å². The van der Waals surface area contributed by atoms with Crippen molar-refractivity contribution in [3.63, 3.8) is 0 Å². The molecule has 1 heterocycles. The molecule has 0 saturated carbocycles. The lowest BCUT2D eigenvalue weighted by atomic mass is 9.98. The van der Waals surface area contributed by atoms with E-state index in [0.717, 1.165) is 16.9 Å². The molecule has 0 amide bonds. The van der Waals surface area contributed by atoms with Crippen LogP contribution in [-0.4, -0.2) is 5.11 Å². The molecule has 0 bridgehead atoms. The molecule has 0 aliphatic heterocycles. The Morgan fingerprint density at radius 3 is 2.06 bits per heavy atom. The van der Waals surface area contributed by atoms with Gasteiger partial charge in [0.15, 0.2) is 0 Å². The van der Waals surface area contributed by atoms with Crippen molar-refractivity contribution in [2.75, 3.05) is 0 Å². The molecule has 2 aromatic rings. The Bertz CT molecular complexity index is 480. The summed E-state index contributed by atoms with van der Waals surface area (Å²) in [4.78, 5) is 0. The van der Waals surface area contributed by atoms with Crippen LogP contribution in [-0.2, 0) is 0 Å². The van der Waals surface area contributed by atoms with Gasteiger partial charge in [-0.3, -0.25) is 0 Å². The Morgan fingerprint density at radius 1 is 1.00 bits per heavy atom. The van der Waals surface area contributed by atoms with Crippen LogP contribution in [0.3, 0.4) is 0 Å². The van der Waals surface area contributed by atoms with E-state index < -0.39 is 6.10 Å². The van der Waals surface area contributed by atoms with Gasteiger partial charge in [0.25, 0.3) is 0 Å². The Labute approximate surface area is 102 Å². The van der Waals surface area contributed by atoms with Crippen LogP contribution in [0.2, 0.25) is 0 Å². The lowest BCUT2D eigenvalue weighted by Gasteiger charge is -2.11. The third kappa shape index (κ3) is 2.59. The first-order valence-corrected chi connectivity index (χ1v) is 5.91. The smallest absolute Gasteiger partial charge is 0.107 e. The Morgan fingerprint density at radius 2 is 1.59 bits per heavy atom. The first kappa shape index (κ1) is 11.9. The number of hydrogen-bond acceptors (Lipinski definition) is 2. The van der Waals surface area contributed by atoms with E-state index in [4.69, 9.17) is 4.42 Å². The summed E-state index contributed by atoms with van der Waals surface area (Å²) in [6.07, 6.45) is 1.00. The first-order valence-electron chi connectivity index (χ1n) is 5.91. The monoisotopic (exact) mass is 230 g/mol. The van der Waals surface area contributed by atoms with Crippen LogP contribution in [0.4, 0.5) is 0 Å². The standard InChI is InChI=1S/C15H18O2/c1-10(2)12-4-6-13(7-5-12)15(16)14-8-11(3)17-9-14/h4-10,15-16H,1-3H3. The van der Waals surface area contributed by atoms with Crippen LogP contribution < -0.4 is 0 Å². The largest absolute Gasteiger partial charge is 0.469 e. The van der Waals surface area contributed by atoms with E-state index in [1.54, 1.807) is 6.26 Å². The molecule has 1 aromatic carbocycles. The summed E-state index contributed by atoms with van der Waals surface area (Å²) >= 11 is 0. The van der Waals surface area contributed by atoms with Crippen LogP contribution in [0, 0.1) is 6.92 Å². The highest BCUT2D eigenvalue weighted by Crippen LogP contribution is 2.25. The fourth-order valence-electron chi connectivity index (χ4n) is 1.86. The molecular formula is C15H18O2. The van der Waals surface area contributed by atoms with Gasteiger partial charge in [0.1, 0.15) is 11.9 Å². The van der Waals surface area contributed by atoms with E-state index in [-0.39, 0.29) is 0 Å². The summed E-state index contributed by atoms with van der Waals surface area (Å²) in [6, 6.07) is 9.94.